The van der Waals surface area contributed by atoms with Crippen molar-refractivity contribution < 1.29 is 23.4 Å². The summed E-state index contributed by atoms with van der Waals surface area (Å²) in [7, 11) is 0. The molecule has 2 saturated carbocycles. The average Bonchev–Trinajstić information content (AvgIpc) is 3.23. The Morgan fingerprint density at radius 2 is 1.60 bits per heavy atom. The molecular weight excluding hydrogens is 386 g/mol. The number of ether oxygens (including phenoxy) is 2. The van der Waals surface area contributed by atoms with Gasteiger partial charge in [-0.15, -0.1) is 0 Å². The third kappa shape index (κ3) is 4.44. The minimum atomic E-state index is -0.682. The first-order valence-corrected chi connectivity index (χ1v) is 11.9. The lowest BCUT2D eigenvalue weighted by molar-refractivity contribution is -0.212. The van der Waals surface area contributed by atoms with Crippen molar-refractivity contribution in [1.29, 1.82) is 0 Å². The normalized spacial score (nSPS) is 28.1. The highest BCUT2D eigenvalue weighted by Crippen LogP contribution is 2.49. The molecule has 1 aromatic rings. The van der Waals surface area contributed by atoms with Crippen molar-refractivity contribution in [1.82, 2.24) is 0 Å². The molecule has 1 spiro atoms. The minimum absolute atomic E-state index is 0.0421. The van der Waals surface area contributed by atoms with E-state index in [1.54, 1.807) is 12.1 Å². The van der Waals surface area contributed by atoms with Gasteiger partial charge in [0.15, 0.2) is 17.4 Å². The van der Waals surface area contributed by atoms with Crippen LogP contribution < -0.4 is 0 Å². The molecule has 3 fully saturated rings. The topological polar surface area (TPSA) is 38.7 Å². The van der Waals surface area contributed by atoms with Gasteiger partial charge in [-0.1, -0.05) is 31.9 Å². The van der Waals surface area contributed by atoms with E-state index in [9.17, 15) is 13.9 Å². The number of unbranched alkanes of at least 4 members (excludes halogenated alkanes) is 2. The van der Waals surface area contributed by atoms with Gasteiger partial charge >= 0.3 is 0 Å². The zero-order valence-electron chi connectivity index (χ0n) is 18.2. The van der Waals surface area contributed by atoms with Crippen LogP contribution in [0.3, 0.4) is 0 Å². The van der Waals surface area contributed by atoms with Gasteiger partial charge in [-0.3, -0.25) is 0 Å². The highest BCUT2D eigenvalue weighted by Gasteiger charge is 2.49. The number of hydrogen-bond donors (Lipinski definition) is 1. The summed E-state index contributed by atoms with van der Waals surface area (Å²) in [6, 6.07) is 3.59. The van der Waals surface area contributed by atoms with Gasteiger partial charge in [-0.2, -0.15) is 0 Å². The summed E-state index contributed by atoms with van der Waals surface area (Å²) in [5.41, 5.74) is 0.339. The van der Waals surface area contributed by atoms with Crippen LogP contribution in [0.15, 0.2) is 12.1 Å². The molecule has 0 atom stereocenters. The maximum Gasteiger partial charge on any atom is 0.168 e. The van der Waals surface area contributed by atoms with Gasteiger partial charge in [0.1, 0.15) is 0 Å². The molecule has 3 aliphatic rings. The van der Waals surface area contributed by atoms with Crippen LogP contribution in [0.5, 0.6) is 0 Å². The predicted octanol–water partition coefficient (Wildman–Crippen LogP) is 6.02. The van der Waals surface area contributed by atoms with E-state index in [0.717, 1.165) is 57.8 Å². The Kier molecular flexibility index (Phi) is 6.81. The van der Waals surface area contributed by atoms with Gasteiger partial charge < -0.3 is 14.6 Å². The van der Waals surface area contributed by atoms with Crippen LogP contribution in [-0.2, 0) is 15.9 Å². The number of benzene rings is 1. The standard InChI is InChI=1S/C25H36F2O3/c1-2-3-4-5-19-8-11-21(23(27)22(19)26)18-6-9-20(10-7-18)24(28)12-14-25(15-13-24)29-16-17-30-25/h8,11,18,20,28H,2-7,9-10,12-17H2,1H3. The smallest absolute Gasteiger partial charge is 0.168 e. The third-order valence-corrected chi connectivity index (χ3v) is 7.86. The molecule has 4 rings (SSSR count). The zero-order valence-corrected chi connectivity index (χ0v) is 18.2. The lowest BCUT2D eigenvalue weighted by Gasteiger charge is -2.46. The molecule has 1 heterocycles. The van der Waals surface area contributed by atoms with E-state index in [1.807, 2.05) is 0 Å². The fourth-order valence-corrected chi connectivity index (χ4v) is 5.88. The zero-order chi connectivity index (χ0) is 21.2. The summed E-state index contributed by atoms with van der Waals surface area (Å²) in [4.78, 5) is 0. The van der Waals surface area contributed by atoms with E-state index >= 15 is 0 Å². The first kappa shape index (κ1) is 22.2. The Labute approximate surface area is 179 Å². The molecule has 3 nitrogen and oxygen atoms in total. The molecule has 1 aromatic carbocycles. The monoisotopic (exact) mass is 422 g/mol. The second kappa shape index (κ2) is 9.22. The summed E-state index contributed by atoms with van der Waals surface area (Å²) in [6.45, 7) is 3.39. The lowest BCUT2D eigenvalue weighted by atomic mass is 9.66. The van der Waals surface area contributed by atoms with Crippen LogP contribution in [-0.4, -0.2) is 29.7 Å². The van der Waals surface area contributed by atoms with Gasteiger partial charge in [-0.25, -0.2) is 8.78 Å². The van der Waals surface area contributed by atoms with Crippen LogP contribution in [0, 0.1) is 17.6 Å². The fraction of sp³-hybridized carbons (Fsp3) is 0.760. The van der Waals surface area contributed by atoms with Crippen molar-refractivity contribution in [2.75, 3.05) is 13.2 Å². The predicted molar refractivity (Wildman–Crippen MR) is 112 cm³/mol. The van der Waals surface area contributed by atoms with Crippen LogP contribution in [0.2, 0.25) is 0 Å². The average molecular weight is 423 g/mol. The van der Waals surface area contributed by atoms with Gasteiger partial charge in [0.2, 0.25) is 0 Å². The minimum Gasteiger partial charge on any atom is -0.390 e. The summed E-state index contributed by atoms with van der Waals surface area (Å²) in [5, 5.41) is 11.3. The molecule has 0 radical (unpaired) electrons. The van der Waals surface area contributed by atoms with Gasteiger partial charge in [0.05, 0.1) is 18.8 Å². The summed E-state index contributed by atoms with van der Waals surface area (Å²) in [6.07, 6.45) is 9.78. The van der Waals surface area contributed by atoms with Crippen LogP contribution in [0.1, 0.15) is 94.6 Å². The molecule has 168 valence electrons. The molecule has 5 heteroatoms. The molecular formula is C25H36F2O3. The molecule has 0 amide bonds. The third-order valence-electron chi connectivity index (χ3n) is 7.86. The number of halogens is 2. The van der Waals surface area contributed by atoms with Crippen molar-refractivity contribution >= 4 is 0 Å². The summed E-state index contributed by atoms with van der Waals surface area (Å²) < 4.78 is 41.0. The van der Waals surface area contributed by atoms with Crippen molar-refractivity contribution in [2.45, 2.75) is 101 Å². The quantitative estimate of drug-likeness (QED) is 0.570. The molecule has 1 aliphatic heterocycles. The molecule has 0 bridgehead atoms. The van der Waals surface area contributed by atoms with Crippen LogP contribution in [0.4, 0.5) is 8.78 Å². The van der Waals surface area contributed by atoms with Gasteiger partial charge in [0, 0.05) is 12.8 Å². The van der Waals surface area contributed by atoms with E-state index in [2.05, 4.69) is 6.92 Å². The Bertz CT molecular complexity index is 711. The van der Waals surface area contributed by atoms with E-state index in [0.29, 0.717) is 43.6 Å². The molecule has 30 heavy (non-hydrogen) atoms. The number of aryl methyl sites for hydroxylation is 1. The van der Waals surface area contributed by atoms with E-state index in [4.69, 9.17) is 9.47 Å². The first-order valence-electron chi connectivity index (χ1n) is 11.9. The highest BCUT2D eigenvalue weighted by atomic mass is 19.2. The van der Waals surface area contributed by atoms with Crippen LogP contribution in [0.25, 0.3) is 0 Å². The van der Waals surface area contributed by atoms with Crippen LogP contribution >= 0.6 is 0 Å². The van der Waals surface area contributed by atoms with Crippen molar-refractivity contribution in [2.24, 2.45) is 5.92 Å². The maximum absolute atomic E-state index is 14.8. The maximum atomic E-state index is 14.8. The molecule has 0 unspecified atom stereocenters. The highest BCUT2D eigenvalue weighted by molar-refractivity contribution is 5.29. The number of hydrogen-bond acceptors (Lipinski definition) is 3. The largest absolute Gasteiger partial charge is 0.390 e. The lowest BCUT2D eigenvalue weighted by Crippen LogP contribution is -2.48. The van der Waals surface area contributed by atoms with E-state index in [-0.39, 0.29) is 11.8 Å². The molecule has 1 saturated heterocycles. The Morgan fingerprint density at radius 1 is 0.933 bits per heavy atom. The Balaban J connectivity index is 1.35. The van der Waals surface area contributed by atoms with Crippen molar-refractivity contribution in [3.63, 3.8) is 0 Å². The summed E-state index contributed by atoms with van der Waals surface area (Å²) >= 11 is 0. The second-order valence-corrected chi connectivity index (χ2v) is 9.66. The Morgan fingerprint density at radius 3 is 2.23 bits per heavy atom. The first-order chi connectivity index (χ1) is 14.5. The van der Waals surface area contributed by atoms with Crippen molar-refractivity contribution in [3.8, 4) is 0 Å². The number of aliphatic hydroxyl groups is 1. The Hall–Kier alpha value is -1.04. The second-order valence-electron chi connectivity index (χ2n) is 9.66. The van der Waals surface area contributed by atoms with Gasteiger partial charge in [-0.05, 0) is 74.3 Å². The molecule has 2 aliphatic carbocycles. The van der Waals surface area contributed by atoms with E-state index < -0.39 is 23.0 Å². The fourth-order valence-electron chi connectivity index (χ4n) is 5.88. The van der Waals surface area contributed by atoms with E-state index in [1.165, 1.54) is 0 Å². The number of rotatable bonds is 6. The van der Waals surface area contributed by atoms with Gasteiger partial charge in [0.25, 0.3) is 0 Å². The van der Waals surface area contributed by atoms with Crippen molar-refractivity contribution in [3.05, 3.63) is 34.9 Å². The molecule has 0 aromatic heterocycles. The molecule has 1 N–H and O–H groups in total. The SMILES string of the molecule is CCCCCc1ccc(C2CCC(C3(O)CCC4(CC3)OCCO4)CC2)c(F)c1F. The summed E-state index contributed by atoms with van der Waals surface area (Å²) in [5.74, 6) is -1.52.